The number of phenols is 2. The number of nitrogen functional groups attached to an aromatic ring is 1. The number of nitrogens with two attached hydrogens (primary N) is 1. The highest BCUT2D eigenvalue weighted by atomic mass is 16.4. The van der Waals surface area contributed by atoms with Crippen LogP contribution in [0.15, 0.2) is 39.5 Å². The minimum absolute atomic E-state index is 0.0958. The molecule has 3 rings (SSSR count). The van der Waals surface area contributed by atoms with Gasteiger partial charge in [-0.05, 0) is 37.3 Å². The third-order valence-electron chi connectivity index (χ3n) is 3.56. The molecule has 6 nitrogen and oxygen atoms in total. The zero-order valence-corrected chi connectivity index (χ0v) is 11.6. The number of phenolic OH excluding ortho intramolecular Hbond substituents is 2. The van der Waals surface area contributed by atoms with Crippen LogP contribution in [0, 0.1) is 6.92 Å². The Morgan fingerprint density at radius 3 is 2.45 bits per heavy atom. The molecule has 0 fully saturated rings. The number of aryl methyl sites for hydroxylation is 1. The molecule has 0 saturated carbocycles. The number of benzene rings is 2. The van der Waals surface area contributed by atoms with E-state index in [0.29, 0.717) is 11.3 Å². The maximum Gasteiger partial charge on any atom is 0.235 e. The summed E-state index contributed by atoms with van der Waals surface area (Å²) in [6.07, 6.45) is 0. The van der Waals surface area contributed by atoms with E-state index >= 15 is 0 Å². The maximum absolute atomic E-state index is 12.3. The SMILES string of the molecule is Cc1c(N)ccc2c(=O)c(O)c(-c3ccc(O)c(O)c3)oc12. The molecule has 0 bridgehead atoms. The first-order valence-electron chi connectivity index (χ1n) is 6.47. The van der Waals surface area contributed by atoms with Crippen LogP contribution in [-0.2, 0) is 0 Å². The average Bonchev–Trinajstić information content (AvgIpc) is 2.49. The first-order chi connectivity index (χ1) is 10.4. The molecule has 5 N–H and O–H groups in total. The molecule has 1 heterocycles. The number of hydrogen-bond acceptors (Lipinski definition) is 6. The Labute approximate surface area is 124 Å². The van der Waals surface area contributed by atoms with Gasteiger partial charge in [0.2, 0.25) is 11.2 Å². The number of hydrogen-bond donors (Lipinski definition) is 4. The highest BCUT2D eigenvalue weighted by Crippen LogP contribution is 2.36. The van der Waals surface area contributed by atoms with Gasteiger partial charge in [-0.15, -0.1) is 0 Å². The van der Waals surface area contributed by atoms with Gasteiger partial charge in [0, 0.05) is 16.8 Å². The van der Waals surface area contributed by atoms with Gasteiger partial charge in [-0.3, -0.25) is 4.79 Å². The lowest BCUT2D eigenvalue weighted by Gasteiger charge is -2.09. The molecule has 0 unspecified atom stereocenters. The molecule has 0 aliphatic rings. The molecule has 1 aromatic heterocycles. The molecule has 0 amide bonds. The standard InChI is InChI=1S/C16H13NO5/c1-7-10(17)4-3-9-13(20)14(21)16(22-15(7)9)8-2-5-11(18)12(19)6-8/h2-6,18-19,21H,17H2,1H3. The summed E-state index contributed by atoms with van der Waals surface area (Å²) in [5, 5.41) is 29.2. The fourth-order valence-electron chi connectivity index (χ4n) is 2.26. The van der Waals surface area contributed by atoms with Crippen molar-refractivity contribution in [3.05, 3.63) is 46.1 Å². The number of rotatable bonds is 1. The van der Waals surface area contributed by atoms with Crippen LogP contribution in [0.4, 0.5) is 5.69 Å². The van der Waals surface area contributed by atoms with Crippen molar-refractivity contribution < 1.29 is 19.7 Å². The van der Waals surface area contributed by atoms with Crippen LogP contribution in [0.3, 0.4) is 0 Å². The third kappa shape index (κ3) is 1.93. The van der Waals surface area contributed by atoms with E-state index in [-0.39, 0.29) is 33.8 Å². The third-order valence-corrected chi connectivity index (χ3v) is 3.56. The highest BCUT2D eigenvalue weighted by molar-refractivity contribution is 5.87. The molecule has 0 aliphatic carbocycles. The van der Waals surface area contributed by atoms with Crippen LogP contribution in [0.2, 0.25) is 0 Å². The van der Waals surface area contributed by atoms with E-state index in [2.05, 4.69) is 0 Å². The van der Waals surface area contributed by atoms with Crippen LogP contribution in [0.25, 0.3) is 22.3 Å². The first-order valence-corrected chi connectivity index (χ1v) is 6.47. The summed E-state index contributed by atoms with van der Waals surface area (Å²) in [4.78, 5) is 12.3. The van der Waals surface area contributed by atoms with E-state index in [1.807, 2.05) is 0 Å². The number of fused-ring (bicyclic) bond motifs is 1. The van der Waals surface area contributed by atoms with E-state index < -0.39 is 11.2 Å². The maximum atomic E-state index is 12.3. The lowest BCUT2D eigenvalue weighted by atomic mass is 10.1. The summed E-state index contributed by atoms with van der Waals surface area (Å²) in [6.45, 7) is 1.70. The van der Waals surface area contributed by atoms with Crippen LogP contribution in [0.1, 0.15) is 5.56 Å². The monoisotopic (exact) mass is 299 g/mol. The molecule has 0 aliphatic heterocycles. The molecule has 6 heteroatoms. The summed E-state index contributed by atoms with van der Waals surface area (Å²) in [5.74, 6) is -1.36. The molecule has 0 radical (unpaired) electrons. The quantitative estimate of drug-likeness (QED) is 0.405. The highest BCUT2D eigenvalue weighted by Gasteiger charge is 2.18. The second-order valence-corrected chi connectivity index (χ2v) is 4.97. The minimum atomic E-state index is -0.591. The van der Waals surface area contributed by atoms with E-state index in [9.17, 15) is 20.1 Å². The fraction of sp³-hybridized carbons (Fsp3) is 0.0625. The largest absolute Gasteiger partial charge is 0.504 e. The summed E-state index contributed by atoms with van der Waals surface area (Å²) < 4.78 is 5.64. The Balaban J connectivity index is 2.39. The van der Waals surface area contributed by atoms with E-state index in [4.69, 9.17) is 10.2 Å². The van der Waals surface area contributed by atoms with Gasteiger partial charge in [-0.2, -0.15) is 0 Å². The van der Waals surface area contributed by atoms with Gasteiger partial charge < -0.3 is 25.5 Å². The topological polar surface area (TPSA) is 117 Å². The van der Waals surface area contributed by atoms with Gasteiger partial charge in [0.1, 0.15) is 5.58 Å². The Hall–Kier alpha value is -3.15. The van der Waals surface area contributed by atoms with Crippen molar-refractivity contribution in [2.45, 2.75) is 6.92 Å². The van der Waals surface area contributed by atoms with Gasteiger partial charge in [-0.25, -0.2) is 0 Å². The molecule has 2 aromatic carbocycles. The Kier molecular flexibility index (Phi) is 2.95. The van der Waals surface area contributed by atoms with Gasteiger partial charge in [0.25, 0.3) is 0 Å². The van der Waals surface area contributed by atoms with Crippen molar-refractivity contribution in [3.63, 3.8) is 0 Å². The summed E-state index contributed by atoms with van der Waals surface area (Å²) in [7, 11) is 0. The van der Waals surface area contributed by atoms with Crippen molar-refractivity contribution in [1.82, 2.24) is 0 Å². The zero-order chi connectivity index (χ0) is 16.0. The predicted octanol–water partition coefficient (Wildman–Crippen LogP) is 2.47. The molecule has 0 atom stereocenters. The van der Waals surface area contributed by atoms with Crippen molar-refractivity contribution in [2.75, 3.05) is 5.73 Å². The van der Waals surface area contributed by atoms with Crippen molar-refractivity contribution in [2.24, 2.45) is 0 Å². The smallest absolute Gasteiger partial charge is 0.235 e. The molecule has 22 heavy (non-hydrogen) atoms. The zero-order valence-electron chi connectivity index (χ0n) is 11.6. The lowest BCUT2D eigenvalue weighted by molar-refractivity contribution is 0.403. The second-order valence-electron chi connectivity index (χ2n) is 4.97. The van der Waals surface area contributed by atoms with Gasteiger partial charge >= 0.3 is 0 Å². The minimum Gasteiger partial charge on any atom is -0.504 e. The molecular formula is C16H13NO5. The molecule has 112 valence electrons. The molecule has 3 aromatic rings. The summed E-state index contributed by atoms with van der Waals surface area (Å²) in [6, 6.07) is 6.91. The van der Waals surface area contributed by atoms with E-state index in [1.165, 1.54) is 24.3 Å². The summed E-state index contributed by atoms with van der Waals surface area (Å²) in [5.41, 5.74) is 6.79. The second kappa shape index (κ2) is 4.70. The first kappa shape index (κ1) is 13.8. The summed E-state index contributed by atoms with van der Waals surface area (Å²) >= 11 is 0. The van der Waals surface area contributed by atoms with E-state index in [0.717, 1.165) is 0 Å². The van der Waals surface area contributed by atoms with Crippen LogP contribution in [-0.4, -0.2) is 15.3 Å². The van der Waals surface area contributed by atoms with Gasteiger partial charge in [-0.1, -0.05) is 0 Å². The van der Waals surface area contributed by atoms with Crippen molar-refractivity contribution in [1.29, 1.82) is 0 Å². The number of anilines is 1. The fourth-order valence-corrected chi connectivity index (χ4v) is 2.26. The normalized spacial score (nSPS) is 11.0. The Bertz CT molecular complexity index is 959. The average molecular weight is 299 g/mol. The molecule has 0 spiro atoms. The van der Waals surface area contributed by atoms with E-state index in [1.54, 1.807) is 13.0 Å². The van der Waals surface area contributed by atoms with Gasteiger partial charge in [0.05, 0.1) is 5.39 Å². The molecule has 0 saturated heterocycles. The van der Waals surface area contributed by atoms with Crippen LogP contribution >= 0.6 is 0 Å². The van der Waals surface area contributed by atoms with Crippen molar-refractivity contribution >= 4 is 16.7 Å². The van der Waals surface area contributed by atoms with Crippen LogP contribution < -0.4 is 11.2 Å². The van der Waals surface area contributed by atoms with Gasteiger partial charge in [0.15, 0.2) is 17.3 Å². The lowest BCUT2D eigenvalue weighted by Crippen LogP contribution is -2.04. The van der Waals surface area contributed by atoms with Crippen molar-refractivity contribution in [3.8, 4) is 28.6 Å². The predicted molar refractivity (Wildman–Crippen MR) is 82.1 cm³/mol. The molecular weight excluding hydrogens is 286 g/mol. The Morgan fingerprint density at radius 2 is 1.77 bits per heavy atom. The Morgan fingerprint density at radius 1 is 1.05 bits per heavy atom. The van der Waals surface area contributed by atoms with Crippen LogP contribution in [0.5, 0.6) is 17.2 Å². The number of aromatic hydroxyl groups is 3.